The Morgan fingerprint density at radius 2 is 2.12 bits per heavy atom. The van der Waals surface area contributed by atoms with Gasteiger partial charge < -0.3 is 20.4 Å². The topological polar surface area (TPSA) is 90.4 Å². The number of alkyl halides is 3. The zero-order valence-corrected chi connectivity index (χ0v) is 12.5. The lowest BCUT2D eigenvalue weighted by molar-refractivity contribution is -0.274. The van der Waals surface area contributed by atoms with Crippen molar-refractivity contribution < 1.29 is 17.9 Å². The van der Waals surface area contributed by atoms with Crippen molar-refractivity contribution in [2.75, 3.05) is 5.32 Å². The van der Waals surface area contributed by atoms with E-state index in [0.29, 0.717) is 5.82 Å². The van der Waals surface area contributed by atoms with Crippen molar-refractivity contribution in [3.63, 3.8) is 0 Å². The molecule has 0 atom stereocenters. The minimum absolute atomic E-state index is 0.0384. The minimum atomic E-state index is -4.79. The standard InChI is InChI=1S/C14H15F3N6O/c15-14(16,17)24-10-5-2-1-4-9(10)20-13(18)19-8-12-22-21-11-6-3-7-23(11)12/h1-2,4-5H,3,6-8H2,(H3,18,19,20). The third kappa shape index (κ3) is 3.76. The second kappa shape index (κ2) is 6.38. The summed E-state index contributed by atoms with van der Waals surface area (Å²) in [5.41, 5.74) is 5.82. The van der Waals surface area contributed by atoms with Crippen molar-refractivity contribution >= 4 is 11.6 Å². The number of rotatable bonds is 4. The molecule has 1 aromatic heterocycles. The van der Waals surface area contributed by atoms with Gasteiger partial charge in [0.1, 0.15) is 12.4 Å². The van der Waals surface area contributed by atoms with Gasteiger partial charge in [-0.05, 0) is 18.6 Å². The fourth-order valence-electron chi connectivity index (χ4n) is 2.44. The SMILES string of the molecule is NC(=NCc1nnc2n1CCC2)Nc1ccccc1OC(F)(F)F. The fourth-order valence-corrected chi connectivity index (χ4v) is 2.44. The highest BCUT2D eigenvalue weighted by atomic mass is 19.4. The van der Waals surface area contributed by atoms with Gasteiger partial charge in [-0.15, -0.1) is 23.4 Å². The van der Waals surface area contributed by atoms with E-state index >= 15 is 0 Å². The molecule has 0 unspecified atom stereocenters. The van der Waals surface area contributed by atoms with Crippen LogP contribution in [0.15, 0.2) is 29.3 Å². The van der Waals surface area contributed by atoms with Gasteiger partial charge in [-0.25, -0.2) is 4.99 Å². The molecule has 0 radical (unpaired) electrons. The lowest BCUT2D eigenvalue weighted by Crippen LogP contribution is -2.24. The van der Waals surface area contributed by atoms with Crippen LogP contribution in [0.2, 0.25) is 0 Å². The van der Waals surface area contributed by atoms with Crippen LogP contribution in [0.5, 0.6) is 5.75 Å². The summed E-state index contributed by atoms with van der Waals surface area (Å²) in [6, 6.07) is 5.59. The van der Waals surface area contributed by atoms with E-state index in [1.807, 2.05) is 4.57 Å². The van der Waals surface area contributed by atoms with Gasteiger partial charge in [0.2, 0.25) is 0 Å². The van der Waals surface area contributed by atoms with Gasteiger partial charge in [0.25, 0.3) is 0 Å². The summed E-state index contributed by atoms with van der Waals surface area (Å²) < 4.78 is 43.1. The maximum Gasteiger partial charge on any atom is 0.573 e. The fraction of sp³-hybridized carbons (Fsp3) is 0.357. The highest BCUT2D eigenvalue weighted by Crippen LogP contribution is 2.29. The van der Waals surface area contributed by atoms with Crippen LogP contribution >= 0.6 is 0 Å². The van der Waals surface area contributed by atoms with Gasteiger partial charge >= 0.3 is 6.36 Å². The first-order chi connectivity index (χ1) is 11.4. The van der Waals surface area contributed by atoms with Crippen molar-refractivity contribution in [3.8, 4) is 5.75 Å². The number of halogens is 3. The number of nitrogens with two attached hydrogens (primary N) is 1. The summed E-state index contributed by atoms with van der Waals surface area (Å²) in [5.74, 6) is 1.16. The number of anilines is 1. The predicted molar refractivity (Wildman–Crippen MR) is 80.4 cm³/mol. The highest BCUT2D eigenvalue weighted by molar-refractivity contribution is 5.93. The molecule has 2 aromatic rings. The van der Waals surface area contributed by atoms with Crippen molar-refractivity contribution in [1.29, 1.82) is 0 Å². The minimum Gasteiger partial charge on any atom is -0.404 e. The first kappa shape index (κ1) is 16.1. The van der Waals surface area contributed by atoms with Crippen molar-refractivity contribution in [1.82, 2.24) is 14.8 Å². The van der Waals surface area contributed by atoms with Gasteiger partial charge in [0, 0.05) is 13.0 Å². The third-order valence-corrected chi connectivity index (χ3v) is 3.45. The maximum absolute atomic E-state index is 12.4. The molecule has 3 N–H and O–H groups in total. The zero-order chi connectivity index (χ0) is 17.2. The number of nitrogens with zero attached hydrogens (tertiary/aromatic N) is 4. The number of para-hydroxylation sites is 2. The number of aromatic nitrogens is 3. The number of guanidine groups is 1. The number of hydrogen-bond donors (Lipinski definition) is 2. The summed E-state index contributed by atoms with van der Waals surface area (Å²) in [6.45, 7) is 1.02. The highest BCUT2D eigenvalue weighted by Gasteiger charge is 2.32. The average Bonchev–Trinajstić information content (AvgIpc) is 3.09. The van der Waals surface area contributed by atoms with Crippen molar-refractivity contribution in [3.05, 3.63) is 35.9 Å². The van der Waals surface area contributed by atoms with Gasteiger partial charge in [0.15, 0.2) is 17.5 Å². The van der Waals surface area contributed by atoms with E-state index in [0.717, 1.165) is 25.2 Å². The quantitative estimate of drug-likeness (QED) is 0.657. The number of benzene rings is 1. The van der Waals surface area contributed by atoms with Crippen LogP contribution in [0.4, 0.5) is 18.9 Å². The molecule has 7 nitrogen and oxygen atoms in total. The smallest absolute Gasteiger partial charge is 0.404 e. The molecular weight excluding hydrogens is 325 g/mol. The Labute approximate surface area is 135 Å². The summed E-state index contributed by atoms with van der Waals surface area (Å²) in [6.07, 6.45) is -2.89. The van der Waals surface area contributed by atoms with Crippen LogP contribution in [0.3, 0.4) is 0 Å². The van der Waals surface area contributed by atoms with Gasteiger partial charge in [0.05, 0.1) is 5.69 Å². The second-order valence-corrected chi connectivity index (χ2v) is 5.16. The number of aryl methyl sites for hydroxylation is 1. The largest absolute Gasteiger partial charge is 0.573 e. The van der Waals surface area contributed by atoms with Crippen molar-refractivity contribution in [2.45, 2.75) is 32.3 Å². The second-order valence-electron chi connectivity index (χ2n) is 5.16. The van der Waals surface area contributed by atoms with E-state index in [1.165, 1.54) is 18.2 Å². The van der Waals surface area contributed by atoms with Crippen LogP contribution in [-0.2, 0) is 19.5 Å². The number of ether oxygens (including phenoxy) is 1. The molecule has 3 rings (SSSR count). The molecule has 0 saturated carbocycles. The number of nitrogens with one attached hydrogen (secondary N) is 1. The maximum atomic E-state index is 12.4. The van der Waals surface area contributed by atoms with Gasteiger partial charge in [-0.1, -0.05) is 12.1 Å². The van der Waals surface area contributed by atoms with E-state index in [9.17, 15) is 13.2 Å². The van der Waals surface area contributed by atoms with Gasteiger partial charge in [-0.2, -0.15) is 0 Å². The monoisotopic (exact) mass is 340 g/mol. The van der Waals surface area contributed by atoms with Crippen LogP contribution in [0.1, 0.15) is 18.1 Å². The Hall–Kier alpha value is -2.78. The number of hydrogen-bond acceptors (Lipinski definition) is 4. The molecule has 0 saturated heterocycles. The molecule has 1 aromatic carbocycles. The Kier molecular flexibility index (Phi) is 4.28. The van der Waals surface area contributed by atoms with E-state index in [4.69, 9.17) is 5.73 Å². The Morgan fingerprint density at radius 1 is 1.33 bits per heavy atom. The zero-order valence-electron chi connectivity index (χ0n) is 12.5. The molecule has 0 amide bonds. The molecule has 1 aliphatic rings. The normalized spacial score (nSPS) is 14.5. The first-order valence-corrected chi connectivity index (χ1v) is 7.25. The van der Waals surface area contributed by atoms with E-state index in [1.54, 1.807) is 6.07 Å². The molecule has 1 aliphatic heterocycles. The summed E-state index contributed by atoms with van der Waals surface area (Å²) in [5, 5.41) is 10.7. The van der Waals surface area contributed by atoms with Crippen LogP contribution < -0.4 is 15.8 Å². The molecule has 0 bridgehead atoms. The summed E-state index contributed by atoms with van der Waals surface area (Å²) >= 11 is 0. The Balaban J connectivity index is 1.69. The van der Waals surface area contributed by atoms with E-state index in [2.05, 4.69) is 25.2 Å². The predicted octanol–water partition coefficient (Wildman–Crippen LogP) is 2.05. The van der Waals surface area contributed by atoms with E-state index in [-0.39, 0.29) is 23.9 Å². The molecule has 128 valence electrons. The molecular formula is C14H15F3N6O. The van der Waals surface area contributed by atoms with E-state index < -0.39 is 6.36 Å². The van der Waals surface area contributed by atoms with Crippen LogP contribution in [0.25, 0.3) is 0 Å². The molecule has 24 heavy (non-hydrogen) atoms. The molecule has 2 heterocycles. The number of aliphatic imine (C=N–C) groups is 1. The summed E-state index contributed by atoms with van der Waals surface area (Å²) in [4.78, 5) is 4.10. The van der Waals surface area contributed by atoms with Gasteiger partial charge in [-0.3, -0.25) is 0 Å². The third-order valence-electron chi connectivity index (χ3n) is 3.45. The Bertz CT molecular complexity index is 755. The molecule has 0 aliphatic carbocycles. The Morgan fingerprint density at radius 3 is 2.92 bits per heavy atom. The average molecular weight is 340 g/mol. The lowest BCUT2D eigenvalue weighted by Gasteiger charge is -2.14. The molecule has 0 spiro atoms. The number of fused-ring (bicyclic) bond motifs is 1. The lowest BCUT2D eigenvalue weighted by atomic mass is 10.3. The molecule has 0 fully saturated rings. The summed E-state index contributed by atoms with van der Waals surface area (Å²) in [7, 11) is 0. The molecule has 10 heteroatoms. The first-order valence-electron chi connectivity index (χ1n) is 7.25. The van der Waals surface area contributed by atoms with Crippen LogP contribution in [-0.4, -0.2) is 27.1 Å². The van der Waals surface area contributed by atoms with Crippen LogP contribution in [0, 0.1) is 0 Å². The van der Waals surface area contributed by atoms with Crippen molar-refractivity contribution in [2.24, 2.45) is 10.7 Å².